The van der Waals surface area contributed by atoms with E-state index in [1.54, 1.807) is 37.5 Å². The number of benzene rings is 4. The van der Waals surface area contributed by atoms with Crippen molar-refractivity contribution in [1.82, 2.24) is 14.5 Å². The molecule has 0 aliphatic rings. The Balaban J connectivity index is 1.38. The smallest absolute Gasteiger partial charge is 0.322 e. The molecule has 2 heterocycles. The van der Waals surface area contributed by atoms with Crippen LogP contribution in [0, 0.1) is 12.3 Å². The number of nitrogens with one attached hydrogen (secondary N) is 2. The van der Waals surface area contributed by atoms with E-state index in [-0.39, 0.29) is 11.3 Å². The number of anilines is 2. The average molecular weight is 659 g/mol. The Morgan fingerprint density at radius 3 is 2.41 bits per heavy atom. The van der Waals surface area contributed by atoms with Crippen molar-refractivity contribution >= 4 is 34.5 Å². The standard InChI is InChI=1S/C39H33F3N6O/c1-4-15-47(23-43)33-18-29(16-30(20-33)39(40,41)42)38(49)46-32-8-6-7-27(17-32)28-13-14-34-35(26-11-9-25(3)10-12-26)22-48(36(34)19-28)37-21-31(5-2)44-24-45-37/h4,6-24,43H,5H2,1-3H3,(H,46,49)/b15-4+,43-23?. The minimum atomic E-state index is -4.69. The first kappa shape index (κ1) is 32.9. The molecule has 6 rings (SSSR count). The molecule has 0 saturated carbocycles. The molecule has 4 aromatic carbocycles. The minimum Gasteiger partial charge on any atom is -0.322 e. The van der Waals surface area contributed by atoms with Gasteiger partial charge in [0.2, 0.25) is 0 Å². The van der Waals surface area contributed by atoms with Gasteiger partial charge in [-0.05, 0) is 73.4 Å². The van der Waals surface area contributed by atoms with E-state index in [9.17, 15) is 18.0 Å². The fraction of sp³-hybridized carbons (Fsp3) is 0.128. The molecule has 0 saturated heterocycles. The van der Waals surface area contributed by atoms with Crippen LogP contribution in [-0.4, -0.2) is 26.8 Å². The van der Waals surface area contributed by atoms with E-state index in [0.29, 0.717) is 5.69 Å². The van der Waals surface area contributed by atoms with Crippen LogP contribution in [0.3, 0.4) is 0 Å². The van der Waals surface area contributed by atoms with Crippen LogP contribution in [0.4, 0.5) is 24.5 Å². The second-order valence-electron chi connectivity index (χ2n) is 11.6. The zero-order chi connectivity index (χ0) is 34.7. The summed E-state index contributed by atoms with van der Waals surface area (Å²) in [5.74, 6) is 0.0299. The van der Waals surface area contributed by atoms with Gasteiger partial charge in [-0.15, -0.1) is 0 Å². The first-order valence-electron chi connectivity index (χ1n) is 15.7. The Morgan fingerprint density at radius 2 is 1.69 bits per heavy atom. The summed E-state index contributed by atoms with van der Waals surface area (Å²) >= 11 is 0. The van der Waals surface area contributed by atoms with Crippen molar-refractivity contribution in [1.29, 1.82) is 5.41 Å². The van der Waals surface area contributed by atoms with Crippen LogP contribution in [0.2, 0.25) is 0 Å². The fourth-order valence-electron chi connectivity index (χ4n) is 5.67. The van der Waals surface area contributed by atoms with Crippen LogP contribution in [0.15, 0.2) is 116 Å². The lowest BCUT2D eigenvalue weighted by Gasteiger charge is -2.18. The van der Waals surface area contributed by atoms with Gasteiger partial charge < -0.3 is 14.8 Å². The topological polar surface area (TPSA) is 86.9 Å². The van der Waals surface area contributed by atoms with E-state index in [0.717, 1.165) is 69.6 Å². The predicted molar refractivity (Wildman–Crippen MR) is 189 cm³/mol. The molecule has 10 heteroatoms. The molecule has 0 aliphatic carbocycles. The van der Waals surface area contributed by atoms with Gasteiger partial charge in [-0.25, -0.2) is 9.97 Å². The van der Waals surface area contributed by atoms with Gasteiger partial charge in [0.05, 0.1) is 17.4 Å². The van der Waals surface area contributed by atoms with Gasteiger partial charge in [0.25, 0.3) is 5.91 Å². The van der Waals surface area contributed by atoms with Gasteiger partial charge in [-0.1, -0.05) is 67.1 Å². The van der Waals surface area contributed by atoms with E-state index in [2.05, 4.69) is 69.4 Å². The Kier molecular flexibility index (Phi) is 9.13. The summed E-state index contributed by atoms with van der Waals surface area (Å²) in [5.41, 5.74) is 6.09. The summed E-state index contributed by atoms with van der Waals surface area (Å²) in [5, 5.41) is 11.4. The van der Waals surface area contributed by atoms with Gasteiger partial charge in [0.15, 0.2) is 0 Å². The lowest BCUT2D eigenvalue weighted by molar-refractivity contribution is -0.137. The number of allylic oxidation sites excluding steroid dienone is 1. The number of carbonyl (C=O) groups excluding carboxylic acids is 1. The second kappa shape index (κ2) is 13.6. The number of carbonyl (C=O) groups is 1. The monoisotopic (exact) mass is 658 g/mol. The average Bonchev–Trinajstić information content (AvgIpc) is 3.49. The number of hydrogen-bond acceptors (Lipinski definition) is 4. The highest BCUT2D eigenvalue weighted by Crippen LogP contribution is 2.36. The normalized spacial score (nSPS) is 11.6. The summed E-state index contributed by atoms with van der Waals surface area (Å²) < 4.78 is 43.4. The van der Waals surface area contributed by atoms with E-state index in [4.69, 9.17) is 5.41 Å². The van der Waals surface area contributed by atoms with Crippen LogP contribution in [-0.2, 0) is 12.6 Å². The minimum absolute atomic E-state index is 0.0397. The molecule has 7 nitrogen and oxygen atoms in total. The molecule has 2 aromatic heterocycles. The number of nitrogens with zero attached hydrogens (tertiary/aromatic N) is 4. The van der Waals surface area contributed by atoms with Crippen LogP contribution < -0.4 is 10.2 Å². The molecule has 0 atom stereocenters. The maximum absolute atomic E-state index is 13.8. The number of alkyl halides is 3. The van der Waals surface area contributed by atoms with Crippen LogP contribution in [0.25, 0.3) is 39.0 Å². The van der Waals surface area contributed by atoms with Crippen molar-refractivity contribution in [2.24, 2.45) is 0 Å². The second-order valence-corrected chi connectivity index (χ2v) is 11.6. The quantitative estimate of drug-likeness (QED) is 0.120. The molecule has 0 fully saturated rings. The zero-order valence-corrected chi connectivity index (χ0v) is 27.1. The Labute approximate surface area is 281 Å². The number of hydrogen-bond donors (Lipinski definition) is 2. The summed E-state index contributed by atoms with van der Waals surface area (Å²) in [6.45, 7) is 5.78. The van der Waals surface area contributed by atoms with Crippen LogP contribution in [0.1, 0.15) is 41.0 Å². The third-order valence-corrected chi connectivity index (χ3v) is 8.19. The SMILES string of the molecule is C/C=C/N(C=N)c1cc(C(=O)Nc2cccc(-c3ccc4c(-c5ccc(C)cc5)cn(-c5cc(CC)ncn5)c4c3)c2)cc(C(F)(F)F)c1. The van der Waals surface area contributed by atoms with Crippen LogP contribution in [0.5, 0.6) is 0 Å². The predicted octanol–water partition coefficient (Wildman–Crippen LogP) is 9.84. The van der Waals surface area contributed by atoms with E-state index in [1.165, 1.54) is 22.7 Å². The first-order chi connectivity index (χ1) is 23.6. The van der Waals surface area contributed by atoms with Gasteiger partial charge in [0, 0.05) is 52.0 Å². The lowest BCUT2D eigenvalue weighted by Crippen LogP contribution is -2.18. The molecule has 0 unspecified atom stereocenters. The molecule has 49 heavy (non-hydrogen) atoms. The largest absolute Gasteiger partial charge is 0.416 e. The summed E-state index contributed by atoms with van der Waals surface area (Å²) in [4.78, 5) is 23.5. The molecule has 0 aliphatic heterocycles. The summed E-state index contributed by atoms with van der Waals surface area (Å²) in [7, 11) is 0. The van der Waals surface area contributed by atoms with Crippen molar-refractivity contribution in [2.45, 2.75) is 33.4 Å². The van der Waals surface area contributed by atoms with Crippen molar-refractivity contribution in [2.75, 3.05) is 10.2 Å². The lowest BCUT2D eigenvalue weighted by atomic mass is 10.00. The van der Waals surface area contributed by atoms with E-state index >= 15 is 0 Å². The molecule has 1 amide bonds. The van der Waals surface area contributed by atoms with Gasteiger partial charge in [-0.3, -0.25) is 10.2 Å². The highest BCUT2D eigenvalue weighted by Gasteiger charge is 2.32. The molecule has 6 aromatic rings. The van der Waals surface area contributed by atoms with Gasteiger partial charge in [0.1, 0.15) is 12.1 Å². The van der Waals surface area contributed by atoms with Crippen molar-refractivity contribution in [3.63, 3.8) is 0 Å². The number of halogens is 3. The van der Waals surface area contributed by atoms with Crippen molar-refractivity contribution in [3.05, 3.63) is 138 Å². The zero-order valence-electron chi connectivity index (χ0n) is 27.1. The first-order valence-corrected chi connectivity index (χ1v) is 15.7. The van der Waals surface area contributed by atoms with Gasteiger partial charge in [-0.2, -0.15) is 13.2 Å². The fourth-order valence-corrected chi connectivity index (χ4v) is 5.67. The van der Waals surface area contributed by atoms with Crippen molar-refractivity contribution < 1.29 is 18.0 Å². The van der Waals surface area contributed by atoms with E-state index in [1.807, 2.05) is 25.1 Å². The highest BCUT2D eigenvalue weighted by molar-refractivity contribution is 6.06. The Hall–Kier alpha value is -6.03. The Morgan fingerprint density at radius 1 is 0.939 bits per heavy atom. The molecule has 0 bridgehead atoms. The molecule has 0 spiro atoms. The molecule has 2 N–H and O–H groups in total. The third-order valence-electron chi connectivity index (χ3n) is 8.19. The third kappa shape index (κ3) is 6.99. The Bertz CT molecular complexity index is 2200. The summed E-state index contributed by atoms with van der Waals surface area (Å²) in [6, 6.07) is 26.7. The highest BCUT2D eigenvalue weighted by atomic mass is 19.4. The molecule has 246 valence electrons. The number of aromatic nitrogens is 3. The number of fused-ring (bicyclic) bond motifs is 1. The number of rotatable bonds is 9. The number of amides is 1. The molecular formula is C39H33F3N6O. The maximum Gasteiger partial charge on any atom is 0.416 e. The number of aryl methyl sites for hydroxylation is 2. The summed E-state index contributed by atoms with van der Waals surface area (Å²) in [6.07, 6.45) is 3.64. The maximum atomic E-state index is 13.8. The molecule has 0 radical (unpaired) electrons. The molecular weight excluding hydrogens is 625 g/mol. The van der Waals surface area contributed by atoms with Crippen LogP contribution >= 0.6 is 0 Å². The van der Waals surface area contributed by atoms with Crippen molar-refractivity contribution in [3.8, 4) is 28.1 Å². The van der Waals surface area contributed by atoms with Gasteiger partial charge >= 0.3 is 6.18 Å². The van der Waals surface area contributed by atoms with E-state index < -0.39 is 17.6 Å².